The lowest BCUT2D eigenvalue weighted by Gasteiger charge is -2.17. The number of nitrogens with one attached hydrogen (secondary N) is 1. The highest BCUT2D eigenvalue weighted by molar-refractivity contribution is 5.97. The molecule has 0 fully saturated rings. The van der Waals surface area contributed by atoms with Gasteiger partial charge in [-0.05, 0) is 31.0 Å². The van der Waals surface area contributed by atoms with Gasteiger partial charge in [0.25, 0.3) is 5.91 Å². The lowest BCUT2D eigenvalue weighted by atomic mass is 10.1. The predicted octanol–water partition coefficient (Wildman–Crippen LogP) is 4.09. The first-order valence-electron chi connectivity index (χ1n) is 7.88. The van der Waals surface area contributed by atoms with Crippen molar-refractivity contribution in [3.63, 3.8) is 0 Å². The van der Waals surface area contributed by atoms with Crippen molar-refractivity contribution in [1.29, 1.82) is 0 Å². The number of amides is 1. The van der Waals surface area contributed by atoms with Crippen molar-refractivity contribution in [1.82, 2.24) is 10.3 Å². The third-order valence-corrected chi connectivity index (χ3v) is 3.61. The van der Waals surface area contributed by atoms with Crippen LogP contribution < -0.4 is 5.32 Å². The Labute approximate surface area is 125 Å². The first-order valence-corrected chi connectivity index (χ1v) is 7.88. The summed E-state index contributed by atoms with van der Waals surface area (Å²) in [7, 11) is 0. The molecule has 0 radical (unpaired) electrons. The van der Waals surface area contributed by atoms with Crippen molar-refractivity contribution in [2.45, 2.75) is 58.9 Å². The minimum Gasteiger partial charge on any atom is -0.441 e. The molecule has 0 bridgehead atoms. The Bertz CT molecular complexity index is 598. The summed E-state index contributed by atoms with van der Waals surface area (Å²) in [6, 6.07) is 5.69. The summed E-state index contributed by atoms with van der Waals surface area (Å²) in [6.07, 6.45) is 4.95. The van der Waals surface area contributed by atoms with Crippen molar-refractivity contribution in [3.05, 3.63) is 29.7 Å². The Morgan fingerprint density at radius 3 is 2.57 bits per heavy atom. The van der Waals surface area contributed by atoms with Crippen LogP contribution in [0.2, 0.25) is 0 Å². The van der Waals surface area contributed by atoms with E-state index in [1.165, 1.54) is 0 Å². The van der Waals surface area contributed by atoms with Crippen molar-refractivity contribution < 1.29 is 9.21 Å². The molecule has 1 amide bonds. The molecule has 2 aromatic rings. The Hall–Kier alpha value is -1.84. The molecule has 21 heavy (non-hydrogen) atoms. The zero-order chi connectivity index (χ0) is 15.2. The molecule has 1 N–H and O–H groups in total. The maximum Gasteiger partial charge on any atom is 0.251 e. The van der Waals surface area contributed by atoms with E-state index in [9.17, 15) is 4.79 Å². The Kier molecular flexibility index (Phi) is 5.37. The van der Waals surface area contributed by atoms with Crippen LogP contribution in [0.5, 0.6) is 0 Å². The zero-order valence-electron chi connectivity index (χ0n) is 13.1. The molecule has 2 rings (SSSR count). The van der Waals surface area contributed by atoms with Gasteiger partial charge < -0.3 is 9.73 Å². The first-order chi connectivity index (χ1) is 10.2. The van der Waals surface area contributed by atoms with Gasteiger partial charge in [-0.3, -0.25) is 4.79 Å². The van der Waals surface area contributed by atoms with E-state index in [4.69, 9.17) is 4.42 Å². The van der Waals surface area contributed by atoms with Crippen LogP contribution in [0.15, 0.2) is 22.6 Å². The fourth-order valence-electron chi connectivity index (χ4n) is 2.52. The molecule has 0 aliphatic rings. The minimum absolute atomic E-state index is 0.0233. The molecular weight excluding hydrogens is 264 g/mol. The van der Waals surface area contributed by atoms with Gasteiger partial charge in [-0.15, -0.1) is 0 Å². The van der Waals surface area contributed by atoms with E-state index in [-0.39, 0.29) is 11.9 Å². The second kappa shape index (κ2) is 7.25. The highest BCUT2D eigenvalue weighted by Gasteiger charge is 2.14. The lowest BCUT2D eigenvalue weighted by Crippen LogP contribution is -2.34. The van der Waals surface area contributed by atoms with Crippen LogP contribution >= 0.6 is 0 Å². The van der Waals surface area contributed by atoms with Gasteiger partial charge in [0.2, 0.25) is 0 Å². The molecule has 114 valence electrons. The number of carbonyl (C=O) groups is 1. The summed E-state index contributed by atoms with van der Waals surface area (Å²) in [6.45, 7) is 6.28. The number of hydrogen-bond acceptors (Lipinski definition) is 3. The molecular formula is C17H24N2O2. The van der Waals surface area contributed by atoms with Gasteiger partial charge >= 0.3 is 0 Å². The maximum atomic E-state index is 12.4. The Morgan fingerprint density at radius 2 is 1.95 bits per heavy atom. The first kappa shape index (κ1) is 15.5. The summed E-state index contributed by atoms with van der Waals surface area (Å²) < 4.78 is 5.57. The smallest absolute Gasteiger partial charge is 0.251 e. The maximum absolute atomic E-state index is 12.4. The van der Waals surface area contributed by atoms with Crippen LogP contribution in [0.3, 0.4) is 0 Å². The van der Waals surface area contributed by atoms with E-state index in [0.29, 0.717) is 11.5 Å². The number of nitrogens with zero attached hydrogens (tertiary/aromatic N) is 1. The largest absolute Gasteiger partial charge is 0.441 e. The average Bonchev–Trinajstić information content (AvgIpc) is 2.89. The molecule has 4 nitrogen and oxygen atoms in total. The standard InChI is InChI=1S/C17H24N2O2/c1-4-7-13(8-5-2)18-17(20)12-9-10-15-14(11-12)19-16(6-3)21-15/h9-11,13H,4-8H2,1-3H3,(H,18,20). The number of oxazole rings is 1. The number of fused-ring (bicyclic) bond motifs is 1. The molecule has 0 aliphatic carbocycles. The van der Waals surface area contributed by atoms with Crippen molar-refractivity contribution >= 4 is 17.0 Å². The molecule has 1 aromatic carbocycles. The number of benzene rings is 1. The molecule has 0 unspecified atom stereocenters. The van der Waals surface area contributed by atoms with E-state index >= 15 is 0 Å². The zero-order valence-corrected chi connectivity index (χ0v) is 13.1. The third-order valence-electron chi connectivity index (χ3n) is 3.61. The number of aromatic nitrogens is 1. The van der Waals surface area contributed by atoms with Crippen LogP contribution in [-0.2, 0) is 6.42 Å². The Balaban J connectivity index is 2.14. The number of aryl methyl sites for hydroxylation is 1. The van der Waals surface area contributed by atoms with Gasteiger partial charge in [0, 0.05) is 18.0 Å². The number of hydrogen-bond donors (Lipinski definition) is 1. The van der Waals surface area contributed by atoms with Gasteiger partial charge in [0.05, 0.1) is 0 Å². The van der Waals surface area contributed by atoms with E-state index in [1.54, 1.807) is 6.07 Å². The lowest BCUT2D eigenvalue weighted by molar-refractivity contribution is 0.0932. The van der Waals surface area contributed by atoms with E-state index in [1.807, 2.05) is 19.1 Å². The highest BCUT2D eigenvalue weighted by Crippen LogP contribution is 2.18. The second-order valence-corrected chi connectivity index (χ2v) is 5.39. The van der Waals surface area contributed by atoms with E-state index < -0.39 is 0 Å². The summed E-state index contributed by atoms with van der Waals surface area (Å²) >= 11 is 0. The molecule has 4 heteroatoms. The fourth-order valence-corrected chi connectivity index (χ4v) is 2.52. The molecule has 0 saturated heterocycles. The van der Waals surface area contributed by atoms with Gasteiger partial charge in [0.1, 0.15) is 5.52 Å². The monoisotopic (exact) mass is 288 g/mol. The quantitative estimate of drug-likeness (QED) is 0.835. The van der Waals surface area contributed by atoms with Gasteiger partial charge in [0.15, 0.2) is 11.5 Å². The summed E-state index contributed by atoms with van der Waals surface area (Å²) in [5.74, 6) is 0.683. The SMILES string of the molecule is CCCC(CCC)NC(=O)c1ccc2oc(CC)nc2c1. The second-order valence-electron chi connectivity index (χ2n) is 5.39. The molecule has 0 spiro atoms. The van der Waals surface area contributed by atoms with Crippen LogP contribution in [0.25, 0.3) is 11.1 Å². The van der Waals surface area contributed by atoms with Crippen LogP contribution in [-0.4, -0.2) is 16.9 Å². The molecule has 1 aromatic heterocycles. The van der Waals surface area contributed by atoms with Crippen molar-refractivity contribution in [3.8, 4) is 0 Å². The summed E-state index contributed by atoms with van der Waals surface area (Å²) in [5.41, 5.74) is 2.14. The summed E-state index contributed by atoms with van der Waals surface area (Å²) in [5, 5.41) is 3.12. The topological polar surface area (TPSA) is 55.1 Å². The molecule has 0 saturated carbocycles. The number of carbonyl (C=O) groups excluding carboxylic acids is 1. The minimum atomic E-state index is -0.0233. The van der Waals surface area contributed by atoms with Gasteiger partial charge in [-0.2, -0.15) is 0 Å². The van der Waals surface area contributed by atoms with Crippen molar-refractivity contribution in [2.75, 3.05) is 0 Å². The molecule has 0 aliphatic heterocycles. The third kappa shape index (κ3) is 3.84. The van der Waals surface area contributed by atoms with Crippen LogP contribution in [0, 0.1) is 0 Å². The number of rotatable bonds is 7. The average molecular weight is 288 g/mol. The fraction of sp³-hybridized carbons (Fsp3) is 0.529. The molecule has 1 heterocycles. The van der Waals surface area contributed by atoms with Gasteiger partial charge in [-0.1, -0.05) is 33.6 Å². The van der Waals surface area contributed by atoms with E-state index in [2.05, 4.69) is 24.1 Å². The van der Waals surface area contributed by atoms with Crippen LogP contribution in [0.1, 0.15) is 62.7 Å². The predicted molar refractivity (Wildman–Crippen MR) is 84.5 cm³/mol. The highest BCUT2D eigenvalue weighted by atomic mass is 16.3. The summed E-state index contributed by atoms with van der Waals surface area (Å²) in [4.78, 5) is 16.7. The molecule has 0 atom stereocenters. The van der Waals surface area contributed by atoms with E-state index in [0.717, 1.165) is 43.2 Å². The van der Waals surface area contributed by atoms with Crippen LogP contribution in [0.4, 0.5) is 0 Å². The van der Waals surface area contributed by atoms with Gasteiger partial charge in [-0.25, -0.2) is 4.98 Å². The Morgan fingerprint density at radius 1 is 1.24 bits per heavy atom. The van der Waals surface area contributed by atoms with Crippen molar-refractivity contribution in [2.24, 2.45) is 0 Å². The normalized spacial score (nSPS) is 11.2.